The van der Waals surface area contributed by atoms with Crippen LogP contribution in [0.5, 0.6) is 0 Å². The Labute approximate surface area is 96.6 Å². The molecule has 0 saturated carbocycles. The fraction of sp³-hybridized carbons (Fsp3) is 0.889. The molecule has 0 aromatic rings. The summed E-state index contributed by atoms with van der Waals surface area (Å²) in [6, 6.07) is 0. The molecule has 0 aromatic carbocycles. The average molecular weight is 255 g/mol. The second kappa shape index (κ2) is 9.78. The molecule has 1 atom stereocenters. The minimum atomic E-state index is -4.64. The number of carbonyl (C=O) groups excluding carboxylic acids is 1. The molecule has 98 valence electrons. The lowest BCUT2D eigenvalue weighted by molar-refractivity contribution is -0.139. The van der Waals surface area contributed by atoms with Crippen LogP contribution in [0.3, 0.4) is 0 Å². The molecule has 0 heterocycles. The molecule has 0 aromatic heterocycles. The van der Waals surface area contributed by atoms with Gasteiger partial charge in [-0.05, 0) is 19.5 Å². The lowest BCUT2D eigenvalue weighted by Crippen LogP contribution is -2.12. The average Bonchev–Trinajstić information content (AvgIpc) is 2.16. The van der Waals surface area contributed by atoms with Gasteiger partial charge in [-0.1, -0.05) is 27.7 Å². The number of phosphoric ester groups is 1. The van der Waals surface area contributed by atoms with Gasteiger partial charge in [-0.3, -0.25) is 14.6 Å². The first-order chi connectivity index (χ1) is 7.28. The van der Waals surface area contributed by atoms with Gasteiger partial charge in [-0.2, -0.15) is 0 Å². The molecule has 0 bridgehead atoms. The van der Waals surface area contributed by atoms with Crippen LogP contribution in [-0.2, 0) is 13.9 Å². The van der Waals surface area contributed by atoms with E-state index in [1.165, 1.54) is 6.92 Å². The molecule has 0 fully saturated rings. The van der Waals surface area contributed by atoms with Crippen molar-refractivity contribution in [1.29, 1.82) is 0 Å². The first-order valence-electron chi connectivity index (χ1n) is 5.28. The van der Waals surface area contributed by atoms with E-state index < -0.39 is 19.7 Å². The highest BCUT2D eigenvalue weighted by Crippen LogP contribution is 2.36. The summed E-state index contributed by atoms with van der Waals surface area (Å²) in [4.78, 5) is 27.1. The molecule has 0 aliphatic carbocycles. The quantitative estimate of drug-likeness (QED) is 0.640. The Morgan fingerprint density at radius 3 is 1.94 bits per heavy atom. The van der Waals surface area contributed by atoms with Crippen LogP contribution in [0, 0.1) is 5.92 Å². The van der Waals surface area contributed by atoms with Gasteiger partial charge >= 0.3 is 13.8 Å². The Bertz CT molecular complexity index is 226. The molecule has 0 aliphatic heterocycles. The molecule has 0 radical (unpaired) electrons. The Balaban J connectivity index is 0. The Hall–Kier alpha value is -0.420. The summed E-state index contributed by atoms with van der Waals surface area (Å²) in [7, 11) is -4.64. The highest BCUT2D eigenvalue weighted by molar-refractivity contribution is 7.46. The number of carbonyl (C=O) groups is 1. The molecule has 0 rings (SSSR count). The lowest BCUT2D eigenvalue weighted by atomic mass is 10.1. The van der Waals surface area contributed by atoms with Gasteiger partial charge in [0.05, 0.1) is 5.92 Å². The van der Waals surface area contributed by atoms with Crippen LogP contribution in [0.4, 0.5) is 0 Å². The third-order valence-corrected chi connectivity index (χ3v) is 2.14. The fourth-order valence-electron chi connectivity index (χ4n) is 0.624. The molecule has 0 spiro atoms. The van der Waals surface area contributed by atoms with Crippen LogP contribution in [-0.4, -0.2) is 28.8 Å². The third-order valence-electron chi connectivity index (χ3n) is 1.72. The van der Waals surface area contributed by atoms with Crippen molar-refractivity contribution in [3.63, 3.8) is 0 Å². The third kappa shape index (κ3) is 13.6. The zero-order valence-corrected chi connectivity index (χ0v) is 11.2. The van der Waals surface area contributed by atoms with E-state index in [0.717, 1.165) is 13.1 Å². The van der Waals surface area contributed by atoms with E-state index in [2.05, 4.69) is 23.7 Å². The van der Waals surface area contributed by atoms with Crippen molar-refractivity contribution in [3.8, 4) is 0 Å². The molecule has 6 nitrogen and oxygen atoms in total. The SMILES string of the molecule is CCC(C)C(=O)OP(=O)(O)O.CCNCC. The van der Waals surface area contributed by atoms with E-state index in [0.29, 0.717) is 6.42 Å². The topological polar surface area (TPSA) is 95.9 Å². The largest absolute Gasteiger partial charge is 0.526 e. The summed E-state index contributed by atoms with van der Waals surface area (Å²) in [6.45, 7) is 9.66. The van der Waals surface area contributed by atoms with Gasteiger partial charge in [-0.25, -0.2) is 4.57 Å². The van der Waals surface area contributed by atoms with Crippen molar-refractivity contribution in [2.45, 2.75) is 34.1 Å². The maximum Gasteiger partial charge on any atom is 0.526 e. The molecular weight excluding hydrogens is 233 g/mol. The van der Waals surface area contributed by atoms with Crippen LogP contribution in [0.25, 0.3) is 0 Å². The van der Waals surface area contributed by atoms with Crippen LogP contribution >= 0.6 is 7.82 Å². The monoisotopic (exact) mass is 255 g/mol. The zero-order valence-electron chi connectivity index (χ0n) is 10.3. The Kier molecular flexibility index (Phi) is 11.0. The van der Waals surface area contributed by atoms with Crippen molar-refractivity contribution in [2.24, 2.45) is 5.92 Å². The normalized spacial score (nSPS) is 12.4. The first kappa shape index (κ1) is 18.0. The Morgan fingerprint density at radius 1 is 1.31 bits per heavy atom. The van der Waals surface area contributed by atoms with E-state index in [1.54, 1.807) is 6.92 Å². The van der Waals surface area contributed by atoms with Gasteiger partial charge in [0, 0.05) is 0 Å². The summed E-state index contributed by atoms with van der Waals surface area (Å²) in [5, 5.41) is 3.11. The molecular formula is C9H22NO5P. The summed E-state index contributed by atoms with van der Waals surface area (Å²) in [6.07, 6.45) is 0.499. The van der Waals surface area contributed by atoms with Crippen LogP contribution in [0.1, 0.15) is 34.1 Å². The van der Waals surface area contributed by atoms with E-state index in [-0.39, 0.29) is 0 Å². The second-order valence-corrected chi connectivity index (χ2v) is 4.33. The summed E-state index contributed by atoms with van der Waals surface area (Å²) < 4.78 is 13.9. The van der Waals surface area contributed by atoms with E-state index in [4.69, 9.17) is 9.79 Å². The van der Waals surface area contributed by atoms with Gasteiger partial charge in [-0.15, -0.1) is 0 Å². The molecule has 0 aliphatic rings. The molecule has 16 heavy (non-hydrogen) atoms. The number of hydrogen-bond acceptors (Lipinski definition) is 4. The first-order valence-corrected chi connectivity index (χ1v) is 6.81. The van der Waals surface area contributed by atoms with Crippen molar-refractivity contribution >= 4 is 13.8 Å². The van der Waals surface area contributed by atoms with Crippen molar-refractivity contribution in [2.75, 3.05) is 13.1 Å². The predicted molar refractivity (Wildman–Crippen MR) is 61.8 cm³/mol. The van der Waals surface area contributed by atoms with Gasteiger partial charge in [0.2, 0.25) is 0 Å². The molecule has 0 saturated heterocycles. The second-order valence-electron chi connectivity index (χ2n) is 3.17. The predicted octanol–water partition coefficient (Wildman–Crippen LogP) is 1.28. The van der Waals surface area contributed by atoms with E-state index >= 15 is 0 Å². The molecule has 7 heteroatoms. The zero-order chi connectivity index (χ0) is 13.2. The fourth-order valence-corrected chi connectivity index (χ4v) is 1.04. The summed E-state index contributed by atoms with van der Waals surface area (Å²) >= 11 is 0. The van der Waals surface area contributed by atoms with Crippen molar-refractivity contribution < 1.29 is 23.7 Å². The smallest absolute Gasteiger partial charge is 0.370 e. The molecule has 0 amide bonds. The van der Waals surface area contributed by atoms with E-state index in [1.807, 2.05) is 0 Å². The van der Waals surface area contributed by atoms with Gasteiger partial charge in [0.1, 0.15) is 0 Å². The van der Waals surface area contributed by atoms with Crippen LogP contribution in [0.2, 0.25) is 0 Å². The number of phosphoric acid groups is 1. The summed E-state index contributed by atoms with van der Waals surface area (Å²) in [5.74, 6) is -1.33. The van der Waals surface area contributed by atoms with Gasteiger partial charge in [0.25, 0.3) is 0 Å². The minimum Gasteiger partial charge on any atom is -0.370 e. The number of nitrogens with one attached hydrogen (secondary N) is 1. The van der Waals surface area contributed by atoms with Gasteiger partial charge < -0.3 is 9.84 Å². The summed E-state index contributed by atoms with van der Waals surface area (Å²) in [5.41, 5.74) is 0. The van der Waals surface area contributed by atoms with Crippen molar-refractivity contribution in [3.05, 3.63) is 0 Å². The highest BCUT2D eigenvalue weighted by Gasteiger charge is 2.23. The molecule has 3 N–H and O–H groups in total. The number of rotatable bonds is 5. The number of hydrogen-bond donors (Lipinski definition) is 3. The maximum absolute atomic E-state index is 10.7. The minimum absolute atomic E-state index is 0.470. The maximum atomic E-state index is 10.7. The van der Waals surface area contributed by atoms with Crippen molar-refractivity contribution in [1.82, 2.24) is 5.32 Å². The van der Waals surface area contributed by atoms with Crippen LogP contribution < -0.4 is 5.32 Å². The van der Waals surface area contributed by atoms with E-state index in [9.17, 15) is 9.36 Å². The highest BCUT2D eigenvalue weighted by atomic mass is 31.2. The lowest BCUT2D eigenvalue weighted by Gasteiger charge is -2.08. The Morgan fingerprint density at radius 2 is 1.75 bits per heavy atom. The van der Waals surface area contributed by atoms with Gasteiger partial charge in [0.15, 0.2) is 0 Å². The molecule has 1 unspecified atom stereocenters. The standard InChI is InChI=1S/C5H11O5P.C4H11N/c1-3-4(2)5(6)10-11(7,8)9;1-3-5-4-2/h4H,3H2,1-2H3,(H2,7,8,9);5H,3-4H2,1-2H3. The van der Waals surface area contributed by atoms with Crippen LogP contribution in [0.15, 0.2) is 0 Å².